The van der Waals surface area contributed by atoms with Gasteiger partial charge in [0.05, 0.1) is 5.69 Å². The van der Waals surface area contributed by atoms with Crippen molar-refractivity contribution < 1.29 is 21.2 Å². The van der Waals surface area contributed by atoms with Crippen molar-refractivity contribution >= 4 is 35.4 Å². The lowest BCUT2D eigenvalue weighted by Gasteiger charge is -2.08. The van der Waals surface area contributed by atoms with E-state index in [9.17, 15) is 21.2 Å². The molecule has 2 aromatic rings. The Kier molecular flexibility index (Phi) is 4.17. The molecule has 0 radical (unpaired) electrons. The Bertz CT molecular complexity index is 870. The Morgan fingerprint density at radius 2 is 1.86 bits per heavy atom. The minimum atomic E-state index is -4.24. The predicted octanol–water partition coefficient (Wildman–Crippen LogP) is 1.95. The van der Waals surface area contributed by atoms with Gasteiger partial charge in [-0.05, 0) is 30.3 Å². The van der Waals surface area contributed by atoms with Crippen molar-refractivity contribution in [3.05, 3.63) is 48.5 Å². The van der Waals surface area contributed by atoms with E-state index in [1.54, 1.807) is 0 Å². The van der Waals surface area contributed by atoms with Gasteiger partial charge in [-0.1, -0.05) is 0 Å². The first-order chi connectivity index (χ1) is 9.70. The highest BCUT2D eigenvalue weighted by Crippen LogP contribution is 2.23. The number of hydrogen-bond acceptors (Lipinski definition) is 5. The molecular formula is C11H8ClFN2O4S2. The first-order valence-electron chi connectivity index (χ1n) is 5.37. The molecule has 10 heteroatoms. The number of sulfonamides is 1. The summed E-state index contributed by atoms with van der Waals surface area (Å²) in [5.41, 5.74) is -0.139. The van der Waals surface area contributed by atoms with Crippen LogP contribution >= 0.6 is 10.7 Å². The Hall–Kier alpha value is -1.71. The second-order valence-corrected chi connectivity index (χ2v) is 8.09. The van der Waals surface area contributed by atoms with Crippen molar-refractivity contribution in [2.75, 3.05) is 4.72 Å². The number of pyridine rings is 1. The molecule has 2 rings (SSSR count). The summed E-state index contributed by atoms with van der Waals surface area (Å²) in [5, 5.41) is 0. The van der Waals surface area contributed by atoms with Crippen molar-refractivity contribution in [1.82, 2.24) is 4.98 Å². The predicted molar refractivity (Wildman–Crippen MR) is 74.5 cm³/mol. The molecule has 21 heavy (non-hydrogen) atoms. The summed E-state index contributed by atoms with van der Waals surface area (Å²) in [5.74, 6) is -1.16. The van der Waals surface area contributed by atoms with Crippen LogP contribution in [0.4, 0.5) is 10.1 Å². The molecule has 0 amide bonds. The third kappa shape index (κ3) is 3.69. The van der Waals surface area contributed by atoms with Crippen molar-refractivity contribution in [3.8, 4) is 0 Å². The van der Waals surface area contributed by atoms with E-state index in [1.807, 2.05) is 0 Å². The lowest BCUT2D eigenvalue weighted by Crippen LogP contribution is -2.13. The average Bonchev–Trinajstić information content (AvgIpc) is 2.37. The third-order valence-electron chi connectivity index (χ3n) is 2.39. The number of nitrogens with one attached hydrogen (secondary N) is 1. The maximum absolute atomic E-state index is 13.6. The van der Waals surface area contributed by atoms with Gasteiger partial charge in [-0.15, -0.1) is 0 Å². The summed E-state index contributed by atoms with van der Waals surface area (Å²) in [6.07, 6.45) is 2.52. The highest BCUT2D eigenvalue weighted by atomic mass is 35.7. The molecule has 6 nitrogen and oxygen atoms in total. The van der Waals surface area contributed by atoms with Crippen LogP contribution in [0.2, 0.25) is 0 Å². The van der Waals surface area contributed by atoms with Gasteiger partial charge in [-0.3, -0.25) is 9.71 Å². The maximum Gasteiger partial charge on any atom is 0.264 e. The second-order valence-electron chi connectivity index (χ2n) is 3.88. The van der Waals surface area contributed by atoms with E-state index in [0.29, 0.717) is 0 Å². The van der Waals surface area contributed by atoms with Crippen molar-refractivity contribution in [2.24, 2.45) is 0 Å². The summed E-state index contributed by atoms with van der Waals surface area (Å²) in [4.78, 5) is 2.83. The van der Waals surface area contributed by atoms with Gasteiger partial charge in [-0.2, -0.15) is 0 Å². The molecule has 1 N–H and O–H groups in total. The SMILES string of the molecule is O=S(=O)(Cl)c1ccc(NS(=O)(=O)c2cccnc2)cc1F. The molecule has 1 aromatic carbocycles. The molecule has 0 spiro atoms. The van der Waals surface area contributed by atoms with E-state index >= 15 is 0 Å². The van der Waals surface area contributed by atoms with Gasteiger partial charge in [0.1, 0.15) is 15.6 Å². The number of anilines is 1. The minimum Gasteiger partial charge on any atom is -0.279 e. The van der Waals surface area contributed by atoms with Crippen LogP contribution in [0.1, 0.15) is 0 Å². The van der Waals surface area contributed by atoms with E-state index < -0.39 is 29.8 Å². The van der Waals surface area contributed by atoms with Gasteiger partial charge in [0.15, 0.2) is 0 Å². The number of rotatable bonds is 4. The molecule has 112 valence electrons. The van der Waals surface area contributed by atoms with Crippen molar-refractivity contribution in [2.45, 2.75) is 9.79 Å². The summed E-state index contributed by atoms with van der Waals surface area (Å²) in [6, 6.07) is 5.43. The zero-order valence-electron chi connectivity index (χ0n) is 10.2. The highest BCUT2D eigenvalue weighted by Gasteiger charge is 2.19. The number of benzene rings is 1. The molecule has 0 aliphatic heterocycles. The Labute approximate surface area is 125 Å². The van der Waals surface area contributed by atoms with Gasteiger partial charge in [-0.25, -0.2) is 21.2 Å². The number of nitrogens with zero attached hydrogens (tertiary/aromatic N) is 1. The number of hydrogen-bond donors (Lipinski definition) is 1. The molecule has 0 saturated carbocycles. The Morgan fingerprint density at radius 1 is 1.14 bits per heavy atom. The standard InChI is InChI=1S/C11H8ClFN2O4S2/c12-20(16,17)11-4-3-8(6-10(11)13)15-21(18,19)9-2-1-5-14-7-9/h1-7,15H. The monoisotopic (exact) mass is 350 g/mol. The van der Waals surface area contributed by atoms with Crippen LogP contribution in [-0.2, 0) is 19.1 Å². The largest absolute Gasteiger partial charge is 0.279 e. The topological polar surface area (TPSA) is 93.2 Å². The first-order valence-corrected chi connectivity index (χ1v) is 9.16. The molecule has 0 bridgehead atoms. The van der Waals surface area contributed by atoms with Crippen LogP contribution in [0, 0.1) is 5.82 Å². The van der Waals surface area contributed by atoms with Gasteiger partial charge in [0, 0.05) is 23.1 Å². The zero-order chi connectivity index (χ0) is 15.7. The average molecular weight is 351 g/mol. The fraction of sp³-hybridized carbons (Fsp3) is 0. The van der Waals surface area contributed by atoms with Crippen LogP contribution in [0.5, 0.6) is 0 Å². The first kappa shape index (κ1) is 15.7. The van der Waals surface area contributed by atoms with E-state index in [-0.39, 0.29) is 10.6 Å². The van der Waals surface area contributed by atoms with Gasteiger partial charge >= 0.3 is 0 Å². The summed E-state index contributed by atoms with van der Waals surface area (Å²) >= 11 is 0. The summed E-state index contributed by atoms with van der Waals surface area (Å²) in [6.45, 7) is 0. The van der Waals surface area contributed by atoms with E-state index in [0.717, 1.165) is 24.4 Å². The van der Waals surface area contributed by atoms with Crippen molar-refractivity contribution in [1.29, 1.82) is 0 Å². The minimum absolute atomic E-state index is 0.112. The third-order valence-corrected chi connectivity index (χ3v) is 5.11. The molecule has 0 aliphatic rings. The van der Waals surface area contributed by atoms with Gasteiger partial charge in [0.2, 0.25) is 0 Å². The maximum atomic E-state index is 13.6. The molecule has 1 aromatic heterocycles. The quantitative estimate of drug-likeness (QED) is 0.851. The highest BCUT2D eigenvalue weighted by molar-refractivity contribution is 8.13. The molecule has 0 aliphatic carbocycles. The lowest BCUT2D eigenvalue weighted by molar-refractivity contribution is 0.576. The molecule has 0 saturated heterocycles. The summed E-state index contributed by atoms with van der Waals surface area (Å²) < 4.78 is 61.8. The molecular weight excluding hydrogens is 343 g/mol. The van der Waals surface area contributed by atoms with E-state index in [2.05, 4.69) is 9.71 Å². The fourth-order valence-corrected chi connectivity index (χ4v) is 3.39. The Morgan fingerprint density at radius 3 is 2.38 bits per heavy atom. The smallest absolute Gasteiger partial charge is 0.264 e. The number of aromatic nitrogens is 1. The molecule has 0 unspecified atom stereocenters. The summed E-state index contributed by atoms with van der Waals surface area (Å²) in [7, 11) is -3.15. The van der Waals surface area contributed by atoms with Crippen LogP contribution in [0.3, 0.4) is 0 Å². The van der Waals surface area contributed by atoms with Crippen LogP contribution in [0.25, 0.3) is 0 Å². The number of halogens is 2. The fourth-order valence-electron chi connectivity index (χ4n) is 1.48. The van der Waals surface area contributed by atoms with Crippen LogP contribution in [-0.4, -0.2) is 21.8 Å². The molecule has 1 heterocycles. The lowest BCUT2D eigenvalue weighted by atomic mass is 10.3. The van der Waals surface area contributed by atoms with Crippen molar-refractivity contribution in [3.63, 3.8) is 0 Å². The zero-order valence-corrected chi connectivity index (χ0v) is 12.6. The molecule has 0 fully saturated rings. The Balaban J connectivity index is 2.36. The normalized spacial score (nSPS) is 12.1. The van der Waals surface area contributed by atoms with Crippen LogP contribution in [0.15, 0.2) is 52.5 Å². The van der Waals surface area contributed by atoms with Crippen LogP contribution < -0.4 is 4.72 Å². The van der Waals surface area contributed by atoms with E-state index in [4.69, 9.17) is 10.7 Å². The van der Waals surface area contributed by atoms with Gasteiger partial charge < -0.3 is 0 Å². The second kappa shape index (κ2) is 5.58. The molecule has 0 atom stereocenters. The van der Waals surface area contributed by atoms with Gasteiger partial charge in [0.25, 0.3) is 19.1 Å². The van der Waals surface area contributed by atoms with E-state index in [1.165, 1.54) is 18.3 Å².